The largest absolute Gasteiger partial charge is 0.477 e. The maximum Gasteiger partial charge on any atom is 0.354 e. The monoisotopic (exact) mass is 451 g/mol. The Labute approximate surface area is 171 Å². The van der Waals surface area contributed by atoms with E-state index in [0.717, 1.165) is 12.8 Å². The Morgan fingerprint density at radius 2 is 2.11 bits per heavy atom. The number of ketones is 1. The van der Waals surface area contributed by atoms with Gasteiger partial charge in [-0.25, -0.2) is 9.18 Å². The lowest BCUT2D eigenvalue weighted by molar-refractivity contribution is 0.0687. The summed E-state index contributed by atoms with van der Waals surface area (Å²) < 4.78 is 16.0. The fraction of sp³-hybridized carbons (Fsp3) is 0.400. The highest BCUT2D eigenvalue weighted by atomic mass is 79.9. The fourth-order valence-electron chi connectivity index (χ4n) is 3.90. The molecule has 0 bridgehead atoms. The molecule has 0 unspecified atom stereocenters. The van der Waals surface area contributed by atoms with Gasteiger partial charge >= 0.3 is 5.97 Å². The van der Waals surface area contributed by atoms with E-state index in [1.165, 1.54) is 23.6 Å². The van der Waals surface area contributed by atoms with Crippen LogP contribution < -0.4 is 10.6 Å². The number of benzene rings is 1. The number of nitrogen functional groups attached to an aromatic ring is 1. The van der Waals surface area contributed by atoms with Gasteiger partial charge in [0.15, 0.2) is 11.5 Å². The van der Waals surface area contributed by atoms with Gasteiger partial charge in [-0.2, -0.15) is 0 Å². The van der Waals surface area contributed by atoms with Crippen LogP contribution in [-0.4, -0.2) is 34.5 Å². The summed E-state index contributed by atoms with van der Waals surface area (Å²) in [6.07, 6.45) is 2.01. The second-order valence-electron chi connectivity index (χ2n) is 7.34. The van der Waals surface area contributed by atoms with E-state index < -0.39 is 11.8 Å². The standard InChI is InChI=1S/C20H23BrFN3O3/c1-11-4-3-7-24(9-11)19-16(12(2)26)17(23)18(20(27)28)25(19)10-13-8-14(22)5-6-15(13)21/h5-6,8,11H,3-4,7,9-10,23H2,1-2H3,(H,27,28)/t11-/m0/s1. The first-order valence-electron chi connectivity index (χ1n) is 9.15. The van der Waals surface area contributed by atoms with Crippen molar-refractivity contribution < 1.29 is 19.1 Å². The smallest absolute Gasteiger partial charge is 0.354 e. The van der Waals surface area contributed by atoms with Crippen LogP contribution in [-0.2, 0) is 6.54 Å². The van der Waals surface area contributed by atoms with E-state index in [9.17, 15) is 19.1 Å². The Morgan fingerprint density at radius 1 is 1.39 bits per heavy atom. The van der Waals surface area contributed by atoms with Crippen LogP contribution in [0.2, 0.25) is 0 Å². The van der Waals surface area contributed by atoms with Crippen molar-refractivity contribution in [3.63, 3.8) is 0 Å². The highest BCUT2D eigenvalue weighted by Gasteiger charge is 2.32. The highest BCUT2D eigenvalue weighted by Crippen LogP contribution is 2.37. The number of piperidine rings is 1. The number of carboxylic acid groups (broad SMARTS) is 1. The first-order chi connectivity index (χ1) is 13.2. The lowest BCUT2D eigenvalue weighted by Gasteiger charge is -2.34. The number of nitrogens with two attached hydrogens (primary N) is 1. The molecule has 0 amide bonds. The second-order valence-corrected chi connectivity index (χ2v) is 8.19. The predicted octanol–water partition coefficient (Wildman–Crippen LogP) is 4.16. The molecule has 1 saturated heterocycles. The van der Waals surface area contributed by atoms with E-state index in [1.54, 1.807) is 6.07 Å². The second kappa shape index (κ2) is 7.95. The minimum absolute atomic E-state index is 0.0410. The number of rotatable bonds is 5. The molecule has 0 spiro atoms. The number of aromatic nitrogens is 1. The molecule has 28 heavy (non-hydrogen) atoms. The Kier molecular flexibility index (Phi) is 5.79. The average molecular weight is 452 g/mol. The van der Waals surface area contributed by atoms with Crippen LogP contribution in [0.15, 0.2) is 22.7 Å². The van der Waals surface area contributed by atoms with Gasteiger partial charge < -0.3 is 20.3 Å². The number of aromatic carboxylic acids is 1. The molecular formula is C20H23BrFN3O3. The number of halogens is 2. The van der Waals surface area contributed by atoms with Crippen molar-refractivity contribution in [2.24, 2.45) is 5.92 Å². The zero-order chi connectivity index (χ0) is 20.6. The molecule has 0 saturated carbocycles. The van der Waals surface area contributed by atoms with Crippen molar-refractivity contribution in [1.29, 1.82) is 0 Å². The third-order valence-electron chi connectivity index (χ3n) is 5.12. The van der Waals surface area contributed by atoms with Crippen LogP contribution in [0.1, 0.15) is 53.1 Å². The fourth-order valence-corrected chi connectivity index (χ4v) is 4.27. The van der Waals surface area contributed by atoms with Gasteiger partial charge in [-0.3, -0.25) is 4.79 Å². The van der Waals surface area contributed by atoms with Gasteiger partial charge in [0.25, 0.3) is 0 Å². The third kappa shape index (κ3) is 3.78. The lowest BCUT2D eigenvalue weighted by atomic mass is 9.99. The van der Waals surface area contributed by atoms with Crippen molar-refractivity contribution in [3.05, 3.63) is 45.3 Å². The van der Waals surface area contributed by atoms with Crippen molar-refractivity contribution in [2.45, 2.75) is 33.2 Å². The maximum atomic E-state index is 13.8. The minimum Gasteiger partial charge on any atom is -0.477 e. The third-order valence-corrected chi connectivity index (χ3v) is 5.89. The van der Waals surface area contributed by atoms with E-state index in [-0.39, 0.29) is 29.3 Å². The van der Waals surface area contributed by atoms with Gasteiger partial charge in [-0.05, 0) is 49.4 Å². The Bertz CT molecular complexity index is 941. The molecule has 1 aliphatic rings. The number of nitrogens with zero attached hydrogens (tertiary/aromatic N) is 2. The minimum atomic E-state index is -1.22. The normalized spacial score (nSPS) is 17.0. The van der Waals surface area contributed by atoms with Crippen LogP contribution in [0.5, 0.6) is 0 Å². The zero-order valence-electron chi connectivity index (χ0n) is 15.8. The summed E-state index contributed by atoms with van der Waals surface area (Å²) >= 11 is 3.39. The molecule has 1 atom stereocenters. The van der Waals surface area contributed by atoms with Crippen LogP contribution in [0.3, 0.4) is 0 Å². The Morgan fingerprint density at radius 3 is 2.71 bits per heavy atom. The molecular weight excluding hydrogens is 429 g/mol. The molecule has 1 aliphatic heterocycles. The molecule has 1 aromatic carbocycles. The van der Waals surface area contributed by atoms with E-state index >= 15 is 0 Å². The van der Waals surface area contributed by atoms with Crippen molar-refractivity contribution in [2.75, 3.05) is 23.7 Å². The summed E-state index contributed by atoms with van der Waals surface area (Å²) in [5.41, 5.74) is 6.74. The molecule has 3 rings (SSSR count). The highest BCUT2D eigenvalue weighted by molar-refractivity contribution is 9.10. The quantitative estimate of drug-likeness (QED) is 0.666. The Balaban J connectivity index is 2.23. The average Bonchev–Trinajstić information content (AvgIpc) is 2.90. The molecule has 8 heteroatoms. The van der Waals surface area contributed by atoms with Crippen molar-refractivity contribution in [3.8, 4) is 0 Å². The molecule has 0 aliphatic carbocycles. The molecule has 1 aromatic heterocycles. The van der Waals surface area contributed by atoms with Gasteiger partial charge in [0.2, 0.25) is 0 Å². The summed E-state index contributed by atoms with van der Waals surface area (Å²) in [4.78, 5) is 26.4. The molecule has 1 fully saturated rings. The van der Waals surface area contributed by atoms with Gasteiger partial charge in [0.05, 0.1) is 17.8 Å². The molecule has 150 valence electrons. The van der Waals surface area contributed by atoms with E-state index in [4.69, 9.17) is 5.73 Å². The van der Waals surface area contributed by atoms with Crippen molar-refractivity contribution in [1.82, 2.24) is 4.57 Å². The number of carbonyl (C=O) groups is 2. The SMILES string of the molecule is CC(=O)c1c(N)c(C(=O)O)n(Cc2cc(F)ccc2Br)c1N1CCC[C@H](C)C1. The molecule has 2 aromatic rings. The number of anilines is 2. The van der Waals surface area contributed by atoms with Gasteiger partial charge in [-0.1, -0.05) is 22.9 Å². The van der Waals surface area contributed by atoms with Crippen molar-refractivity contribution >= 4 is 39.2 Å². The van der Waals surface area contributed by atoms with Crippen LogP contribution in [0.4, 0.5) is 15.9 Å². The van der Waals surface area contributed by atoms with Gasteiger partial charge in [0.1, 0.15) is 11.6 Å². The summed E-state index contributed by atoms with van der Waals surface area (Å²) in [6.45, 7) is 5.00. The number of hydrogen-bond acceptors (Lipinski definition) is 4. The number of carboxylic acids is 1. The molecule has 0 radical (unpaired) electrons. The number of Topliss-reactive ketones (excluding diaryl/α,β-unsaturated/α-hetero) is 1. The number of hydrogen-bond donors (Lipinski definition) is 2. The van der Waals surface area contributed by atoms with Crippen LogP contribution in [0, 0.1) is 11.7 Å². The predicted molar refractivity (Wildman–Crippen MR) is 110 cm³/mol. The summed E-state index contributed by atoms with van der Waals surface area (Å²) in [5.74, 6) is -1.01. The van der Waals surface area contributed by atoms with Crippen LogP contribution >= 0.6 is 15.9 Å². The molecule has 2 heterocycles. The molecule has 3 N–H and O–H groups in total. The van der Waals surface area contributed by atoms with Gasteiger partial charge in [-0.15, -0.1) is 0 Å². The van der Waals surface area contributed by atoms with E-state index in [2.05, 4.69) is 22.9 Å². The number of carbonyl (C=O) groups excluding carboxylic acids is 1. The van der Waals surface area contributed by atoms with E-state index in [0.29, 0.717) is 34.9 Å². The topological polar surface area (TPSA) is 88.6 Å². The van der Waals surface area contributed by atoms with E-state index in [1.807, 2.05) is 4.90 Å². The molecule has 6 nitrogen and oxygen atoms in total. The lowest BCUT2D eigenvalue weighted by Crippen LogP contribution is -2.36. The zero-order valence-corrected chi connectivity index (χ0v) is 17.4. The summed E-state index contributed by atoms with van der Waals surface area (Å²) in [6, 6.07) is 4.25. The first kappa shape index (κ1) is 20.4. The first-order valence-corrected chi connectivity index (χ1v) is 9.95. The summed E-state index contributed by atoms with van der Waals surface area (Å²) in [7, 11) is 0. The Hall–Kier alpha value is -2.35. The summed E-state index contributed by atoms with van der Waals surface area (Å²) in [5, 5.41) is 9.80. The maximum absolute atomic E-state index is 13.8. The van der Waals surface area contributed by atoms with Crippen LogP contribution in [0.25, 0.3) is 0 Å². The van der Waals surface area contributed by atoms with Gasteiger partial charge in [0, 0.05) is 17.6 Å².